The maximum Gasteiger partial charge on any atom is 0.490 e. The van der Waals surface area contributed by atoms with Crippen molar-refractivity contribution in [3.63, 3.8) is 0 Å². The number of amides is 3. The van der Waals surface area contributed by atoms with Gasteiger partial charge in [0.05, 0.1) is 23.1 Å². The molecule has 308 valence electrons. The largest absolute Gasteiger partial charge is 0.490 e. The van der Waals surface area contributed by atoms with Gasteiger partial charge in [-0.1, -0.05) is 57.9 Å². The first-order valence-corrected chi connectivity index (χ1v) is 19.8. The number of carbonyl (C=O) groups is 4. The summed E-state index contributed by atoms with van der Waals surface area (Å²) in [5.41, 5.74) is 2.30. The third-order valence-corrected chi connectivity index (χ3v) is 11.1. The number of nitrogens with one attached hydrogen (secondary N) is 4. The van der Waals surface area contributed by atoms with Crippen molar-refractivity contribution in [1.82, 2.24) is 21.3 Å². The van der Waals surface area contributed by atoms with Crippen molar-refractivity contribution in [3.05, 3.63) is 70.8 Å². The standard InChI is InChI=1S/C35H50F2N4O6S.C2HF3O2/c1-4-8-29(9-5-2)48(46,47)22-31(40-34(44)17-26-16-33(43)39-20-26)35(45)41-30(15-25-13-27(36)18-28(37)14-25)32(42)21-38-19-24-11-7-10-23(6-3)12-24;3-2(4,5)1(6)7/h7,10-14,18,26,29-32,38,42H,4-6,8-9,15-17,19-22H2,1-3H3,(H,39,43)(H,40,44)(H,41,45);(H,6,7)/t26-,30+,31?,32-;/m1./s1. The van der Waals surface area contributed by atoms with Crippen molar-refractivity contribution < 1.29 is 59.8 Å². The van der Waals surface area contributed by atoms with Crippen LogP contribution in [-0.4, -0.2) is 90.8 Å². The van der Waals surface area contributed by atoms with Crippen LogP contribution in [0.3, 0.4) is 0 Å². The maximum atomic E-state index is 14.1. The van der Waals surface area contributed by atoms with Crippen molar-refractivity contribution in [2.75, 3.05) is 18.8 Å². The highest BCUT2D eigenvalue weighted by atomic mass is 32.2. The molecule has 1 unspecified atom stereocenters. The fourth-order valence-electron chi connectivity index (χ4n) is 6.04. The van der Waals surface area contributed by atoms with Gasteiger partial charge in [-0.15, -0.1) is 0 Å². The van der Waals surface area contributed by atoms with Gasteiger partial charge >= 0.3 is 12.1 Å². The number of halogens is 5. The summed E-state index contributed by atoms with van der Waals surface area (Å²) in [6, 6.07) is 8.20. The second-order valence-corrected chi connectivity index (χ2v) is 15.8. The average Bonchev–Trinajstić information content (AvgIpc) is 3.50. The molecule has 2 aromatic carbocycles. The highest BCUT2D eigenvalue weighted by Crippen LogP contribution is 2.19. The number of carboxylic acids is 1. The summed E-state index contributed by atoms with van der Waals surface area (Å²) >= 11 is 0. The molecule has 0 saturated carbocycles. The summed E-state index contributed by atoms with van der Waals surface area (Å²) < 4.78 is 87.1. The minimum Gasteiger partial charge on any atom is -0.475 e. The third kappa shape index (κ3) is 17.0. The summed E-state index contributed by atoms with van der Waals surface area (Å²) in [6.45, 7) is 6.48. The highest BCUT2D eigenvalue weighted by Gasteiger charge is 2.38. The van der Waals surface area contributed by atoms with E-state index < -0.39 is 74.6 Å². The number of hydrogen-bond acceptors (Lipinski definition) is 8. The van der Waals surface area contributed by atoms with Gasteiger partial charge in [0, 0.05) is 38.5 Å². The molecule has 0 aromatic heterocycles. The number of carbonyl (C=O) groups excluding carboxylic acids is 3. The Balaban J connectivity index is 0.00000136. The van der Waals surface area contributed by atoms with E-state index in [9.17, 15) is 49.9 Å². The summed E-state index contributed by atoms with van der Waals surface area (Å²) in [5, 5.41) is 28.7. The van der Waals surface area contributed by atoms with Gasteiger partial charge < -0.3 is 31.5 Å². The second kappa shape index (κ2) is 22.4. The predicted molar refractivity (Wildman–Crippen MR) is 194 cm³/mol. The number of aliphatic hydroxyl groups is 1. The van der Waals surface area contributed by atoms with E-state index in [1.165, 1.54) is 0 Å². The zero-order chi connectivity index (χ0) is 41.3. The number of hydrogen-bond donors (Lipinski definition) is 6. The van der Waals surface area contributed by atoms with Crippen LogP contribution in [-0.2, 0) is 48.4 Å². The smallest absolute Gasteiger partial charge is 0.475 e. The van der Waals surface area contributed by atoms with Crippen LogP contribution in [0.15, 0.2) is 42.5 Å². The van der Waals surface area contributed by atoms with Gasteiger partial charge in [0.25, 0.3) is 0 Å². The first-order valence-electron chi connectivity index (χ1n) is 18.1. The zero-order valence-corrected chi connectivity index (χ0v) is 31.9. The lowest BCUT2D eigenvalue weighted by Crippen LogP contribution is -2.57. The van der Waals surface area contributed by atoms with Gasteiger partial charge in [-0.05, 0) is 60.4 Å². The summed E-state index contributed by atoms with van der Waals surface area (Å²) in [7, 11) is -3.87. The molecule has 2 aromatic rings. The van der Waals surface area contributed by atoms with Crippen LogP contribution >= 0.6 is 0 Å². The Morgan fingerprint density at radius 2 is 1.55 bits per heavy atom. The first-order chi connectivity index (χ1) is 25.8. The molecule has 3 rings (SSSR count). The lowest BCUT2D eigenvalue weighted by Gasteiger charge is -2.28. The SMILES string of the molecule is CCCC(CCC)S(=O)(=O)CC(NC(=O)C[C@@H]1CNC(=O)C1)C(=O)N[C@@H](Cc1cc(F)cc(F)c1)[C@H](O)CNCc1cccc(CC)c1.O=C(O)C(F)(F)F. The number of alkyl halides is 3. The molecule has 1 heterocycles. The second-order valence-electron chi connectivity index (χ2n) is 13.5. The van der Waals surface area contributed by atoms with Gasteiger partial charge in [-0.3, -0.25) is 14.4 Å². The molecule has 3 amide bonds. The van der Waals surface area contributed by atoms with Gasteiger partial charge in [0.2, 0.25) is 17.7 Å². The maximum absolute atomic E-state index is 14.1. The Morgan fingerprint density at radius 3 is 2.07 bits per heavy atom. The molecule has 0 spiro atoms. The van der Waals surface area contributed by atoms with E-state index in [1.807, 2.05) is 45.0 Å². The van der Waals surface area contributed by atoms with Crippen molar-refractivity contribution in [2.45, 2.75) is 108 Å². The van der Waals surface area contributed by atoms with Crippen LogP contribution in [0.5, 0.6) is 0 Å². The normalized spacial score (nSPS) is 16.0. The molecule has 1 aliphatic rings. The van der Waals surface area contributed by atoms with Crippen molar-refractivity contribution in [3.8, 4) is 0 Å². The number of aliphatic hydroxyl groups excluding tert-OH is 1. The van der Waals surface area contributed by atoms with Gasteiger partial charge in [0.15, 0.2) is 9.84 Å². The van der Waals surface area contributed by atoms with E-state index >= 15 is 0 Å². The van der Waals surface area contributed by atoms with Crippen LogP contribution in [0.25, 0.3) is 0 Å². The van der Waals surface area contributed by atoms with Gasteiger partial charge in [-0.2, -0.15) is 13.2 Å². The van der Waals surface area contributed by atoms with Crippen molar-refractivity contribution >= 4 is 33.5 Å². The summed E-state index contributed by atoms with van der Waals surface area (Å²) in [6.07, 6.45) is -3.58. The van der Waals surface area contributed by atoms with Crippen molar-refractivity contribution in [2.24, 2.45) is 5.92 Å². The Labute approximate surface area is 317 Å². The van der Waals surface area contributed by atoms with E-state index in [1.54, 1.807) is 0 Å². The van der Waals surface area contributed by atoms with E-state index in [2.05, 4.69) is 21.3 Å². The molecule has 12 nitrogen and oxygen atoms in total. The lowest BCUT2D eigenvalue weighted by molar-refractivity contribution is -0.192. The summed E-state index contributed by atoms with van der Waals surface area (Å²) in [5.74, 6) is -7.00. The number of aryl methyl sites for hydroxylation is 1. The molecule has 18 heteroatoms. The molecule has 0 bridgehead atoms. The average molecular weight is 807 g/mol. The van der Waals surface area contributed by atoms with Gasteiger partial charge in [-0.25, -0.2) is 22.0 Å². The van der Waals surface area contributed by atoms with E-state index in [0.717, 1.165) is 29.7 Å². The van der Waals surface area contributed by atoms with Gasteiger partial charge in [0.1, 0.15) is 17.7 Å². The number of rotatable bonds is 20. The molecule has 1 fully saturated rings. The third-order valence-electron chi connectivity index (χ3n) is 8.81. The monoisotopic (exact) mass is 806 g/mol. The number of benzene rings is 2. The van der Waals surface area contributed by atoms with Crippen LogP contribution in [0.2, 0.25) is 0 Å². The fraction of sp³-hybridized carbons (Fsp3) is 0.568. The molecule has 0 radical (unpaired) electrons. The first kappa shape index (κ1) is 47.0. The lowest BCUT2D eigenvalue weighted by atomic mass is 10.00. The Hall–Kier alpha value is -4.16. The molecule has 0 aliphatic carbocycles. The molecule has 4 atom stereocenters. The molecule has 1 aliphatic heterocycles. The summed E-state index contributed by atoms with van der Waals surface area (Å²) in [4.78, 5) is 47.5. The zero-order valence-electron chi connectivity index (χ0n) is 31.1. The molecule has 6 N–H and O–H groups in total. The van der Waals surface area contributed by atoms with Crippen molar-refractivity contribution in [1.29, 1.82) is 0 Å². The minimum atomic E-state index is -5.08. The Morgan fingerprint density at radius 1 is 0.945 bits per heavy atom. The minimum absolute atomic E-state index is 0.00773. The van der Waals surface area contributed by atoms with Crippen LogP contribution in [0.1, 0.15) is 76.0 Å². The Kier molecular flexibility index (Phi) is 19.1. The Bertz CT molecular complexity index is 1670. The quantitative estimate of drug-likeness (QED) is 0.108. The highest BCUT2D eigenvalue weighted by molar-refractivity contribution is 7.92. The molecular weight excluding hydrogens is 755 g/mol. The number of carboxylic acid groups (broad SMARTS) is 1. The van der Waals surface area contributed by atoms with Crippen LogP contribution in [0.4, 0.5) is 22.0 Å². The van der Waals surface area contributed by atoms with E-state index in [4.69, 9.17) is 9.90 Å². The molecular formula is C37H51F5N4O8S. The topological polar surface area (TPSA) is 191 Å². The van der Waals surface area contributed by atoms with E-state index in [0.29, 0.717) is 44.8 Å². The fourth-order valence-corrected chi connectivity index (χ4v) is 8.20. The van der Waals surface area contributed by atoms with E-state index in [-0.39, 0.29) is 43.2 Å². The predicted octanol–water partition coefficient (Wildman–Crippen LogP) is 3.73. The van der Waals surface area contributed by atoms with Crippen LogP contribution in [0, 0.1) is 17.6 Å². The molecule has 1 saturated heterocycles. The number of aliphatic carboxylic acids is 1. The number of sulfone groups is 1. The molecule has 55 heavy (non-hydrogen) atoms. The van der Waals surface area contributed by atoms with Crippen LogP contribution < -0.4 is 21.3 Å².